The van der Waals surface area contributed by atoms with Gasteiger partial charge in [0.1, 0.15) is 0 Å². The zero-order chi connectivity index (χ0) is 11.5. The Morgan fingerprint density at radius 2 is 2.20 bits per heavy atom. The highest BCUT2D eigenvalue weighted by Gasteiger charge is 2.25. The number of nitrogens with zero attached hydrogens (tertiary/aromatic N) is 2. The van der Waals surface area contributed by atoms with E-state index >= 15 is 0 Å². The van der Waals surface area contributed by atoms with Gasteiger partial charge in [0.25, 0.3) is 0 Å². The topological polar surface area (TPSA) is 27.6 Å². The van der Waals surface area contributed by atoms with Gasteiger partial charge in [-0.1, -0.05) is 26.7 Å². The third kappa shape index (κ3) is 3.16. The zero-order valence-corrected chi connectivity index (χ0v) is 10.2. The normalized spacial score (nSPS) is 19.1. The van der Waals surface area contributed by atoms with Crippen LogP contribution < -0.4 is 5.32 Å². The second-order valence-corrected chi connectivity index (χ2v) is 5.09. The molecule has 0 aromatic carbocycles. The lowest BCUT2D eigenvalue weighted by Gasteiger charge is -2.33. The molecule has 0 saturated heterocycles. The summed E-state index contributed by atoms with van der Waals surface area (Å²) in [6.45, 7) is 8.34. The van der Waals surface area contributed by atoms with Crippen LogP contribution in [-0.2, 0) is 0 Å². The van der Waals surface area contributed by atoms with Crippen molar-refractivity contribution in [3.63, 3.8) is 0 Å². The lowest BCUT2D eigenvalue weighted by molar-refractivity contribution is 0.335. The lowest BCUT2D eigenvalue weighted by atomic mass is 9.87. The molecular formula is C12H21N3. The predicted octanol–water partition coefficient (Wildman–Crippen LogP) is 1.32. The summed E-state index contributed by atoms with van der Waals surface area (Å²) in [4.78, 5) is 6.57. The molecule has 84 valence electrons. The third-order valence-electron chi connectivity index (χ3n) is 2.58. The third-order valence-corrected chi connectivity index (χ3v) is 2.58. The van der Waals surface area contributed by atoms with Crippen LogP contribution in [0.4, 0.5) is 0 Å². The fraction of sp³-hybridized carbons (Fsp3) is 0.750. The average molecular weight is 207 g/mol. The first-order valence-electron chi connectivity index (χ1n) is 5.43. The lowest BCUT2D eigenvalue weighted by Crippen LogP contribution is -2.50. The van der Waals surface area contributed by atoms with Crippen LogP contribution in [0.3, 0.4) is 0 Å². The van der Waals surface area contributed by atoms with Crippen LogP contribution in [-0.4, -0.2) is 37.0 Å². The summed E-state index contributed by atoms with van der Waals surface area (Å²) in [7, 11) is 2.04. The molecule has 1 aliphatic rings. The number of aliphatic imine (C=N–C) groups is 1. The Bertz CT molecular complexity index is 280. The van der Waals surface area contributed by atoms with Crippen molar-refractivity contribution in [2.75, 3.05) is 20.1 Å². The summed E-state index contributed by atoms with van der Waals surface area (Å²) < 4.78 is 0. The van der Waals surface area contributed by atoms with Crippen LogP contribution in [0, 0.1) is 17.8 Å². The van der Waals surface area contributed by atoms with Gasteiger partial charge >= 0.3 is 0 Å². The van der Waals surface area contributed by atoms with Gasteiger partial charge in [0.05, 0.1) is 6.04 Å². The van der Waals surface area contributed by atoms with Crippen molar-refractivity contribution < 1.29 is 0 Å². The van der Waals surface area contributed by atoms with E-state index in [1.165, 1.54) is 0 Å². The molecule has 0 aromatic rings. The molecule has 0 bridgehead atoms. The molecule has 1 N–H and O–H groups in total. The second-order valence-electron chi connectivity index (χ2n) is 5.09. The fourth-order valence-electron chi connectivity index (χ4n) is 1.51. The molecule has 0 radical (unpaired) electrons. The first-order valence-corrected chi connectivity index (χ1v) is 5.43. The number of hydrogen-bond donors (Lipinski definition) is 1. The Morgan fingerprint density at radius 1 is 1.53 bits per heavy atom. The number of hydrogen-bond acceptors (Lipinski definition) is 3. The minimum absolute atomic E-state index is 0.0248. The zero-order valence-electron chi connectivity index (χ0n) is 10.2. The SMILES string of the molecule is C#CC(NC1=NCCCN1C)C(C)(C)C. The maximum absolute atomic E-state index is 5.54. The van der Waals surface area contributed by atoms with E-state index in [1.807, 2.05) is 7.05 Å². The highest BCUT2D eigenvalue weighted by Crippen LogP contribution is 2.18. The van der Waals surface area contributed by atoms with Gasteiger partial charge in [-0.3, -0.25) is 4.99 Å². The number of rotatable bonds is 1. The van der Waals surface area contributed by atoms with Gasteiger partial charge in [-0.15, -0.1) is 6.42 Å². The summed E-state index contributed by atoms with van der Waals surface area (Å²) in [5.74, 6) is 3.72. The van der Waals surface area contributed by atoms with Crippen molar-refractivity contribution in [3.8, 4) is 12.3 Å². The minimum atomic E-state index is 0.0248. The molecule has 0 spiro atoms. The molecule has 1 heterocycles. The summed E-state index contributed by atoms with van der Waals surface area (Å²) >= 11 is 0. The smallest absolute Gasteiger partial charge is 0.194 e. The van der Waals surface area contributed by atoms with Gasteiger partial charge in [0.2, 0.25) is 0 Å². The van der Waals surface area contributed by atoms with Crippen molar-refractivity contribution in [2.24, 2.45) is 10.4 Å². The Hall–Kier alpha value is -1.17. The number of guanidine groups is 1. The highest BCUT2D eigenvalue weighted by atomic mass is 15.3. The first kappa shape index (κ1) is 11.9. The molecule has 1 aliphatic heterocycles. The van der Waals surface area contributed by atoms with E-state index in [2.05, 4.69) is 41.9 Å². The molecule has 0 saturated carbocycles. The summed E-state index contributed by atoms with van der Waals surface area (Å²) in [5, 5.41) is 3.34. The fourth-order valence-corrected chi connectivity index (χ4v) is 1.51. The molecule has 0 fully saturated rings. The summed E-state index contributed by atoms with van der Waals surface area (Å²) in [6.07, 6.45) is 6.66. The quantitative estimate of drug-likeness (QED) is 0.657. The molecule has 1 atom stereocenters. The molecule has 1 unspecified atom stereocenters. The molecule has 0 aliphatic carbocycles. The monoisotopic (exact) mass is 207 g/mol. The van der Waals surface area contributed by atoms with Gasteiger partial charge in [0, 0.05) is 20.1 Å². The van der Waals surface area contributed by atoms with Crippen molar-refractivity contribution in [2.45, 2.75) is 33.2 Å². The Labute approximate surface area is 93.0 Å². The minimum Gasteiger partial charge on any atom is -0.346 e. The molecule has 1 rings (SSSR count). The Balaban J connectivity index is 2.68. The van der Waals surface area contributed by atoms with E-state index in [1.54, 1.807) is 0 Å². The number of terminal acetylenes is 1. The predicted molar refractivity (Wildman–Crippen MR) is 64.8 cm³/mol. The number of nitrogens with one attached hydrogen (secondary N) is 1. The molecule has 3 nitrogen and oxygen atoms in total. The van der Waals surface area contributed by atoms with Gasteiger partial charge in [-0.25, -0.2) is 0 Å². The van der Waals surface area contributed by atoms with E-state index in [9.17, 15) is 0 Å². The maximum atomic E-state index is 5.54. The Morgan fingerprint density at radius 3 is 2.67 bits per heavy atom. The van der Waals surface area contributed by atoms with Crippen molar-refractivity contribution >= 4 is 5.96 Å². The van der Waals surface area contributed by atoms with Gasteiger partial charge < -0.3 is 10.2 Å². The molecule has 0 aromatic heterocycles. The molecule has 15 heavy (non-hydrogen) atoms. The molecule has 3 heteroatoms. The van der Waals surface area contributed by atoms with E-state index < -0.39 is 0 Å². The van der Waals surface area contributed by atoms with E-state index in [0.717, 1.165) is 25.5 Å². The van der Waals surface area contributed by atoms with Crippen molar-refractivity contribution in [3.05, 3.63) is 0 Å². The van der Waals surface area contributed by atoms with E-state index in [4.69, 9.17) is 6.42 Å². The van der Waals surface area contributed by atoms with Gasteiger partial charge in [-0.05, 0) is 11.8 Å². The largest absolute Gasteiger partial charge is 0.346 e. The van der Waals surface area contributed by atoms with Crippen LogP contribution in [0.25, 0.3) is 0 Å². The van der Waals surface area contributed by atoms with Crippen molar-refractivity contribution in [1.82, 2.24) is 10.2 Å². The second kappa shape index (κ2) is 4.57. The van der Waals surface area contributed by atoms with Gasteiger partial charge in [-0.2, -0.15) is 0 Å². The molecular weight excluding hydrogens is 186 g/mol. The maximum Gasteiger partial charge on any atom is 0.194 e. The first-order chi connectivity index (χ1) is 6.95. The summed E-state index contributed by atoms with van der Waals surface area (Å²) in [6, 6.07) is 0.0248. The Kier molecular flexibility index (Phi) is 3.62. The van der Waals surface area contributed by atoms with Crippen LogP contribution >= 0.6 is 0 Å². The molecule has 0 amide bonds. The highest BCUT2D eigenvalue weighted by molar-refractivity contribution is 5.81. The van der Waals surface area contributed by atoms with E-state index in [-0.39, 0.29) is 11.5 Å². The summed E-state index contributed by atoms with van der Waals surface area (Å²) in [5.41, 5.74) is 0.0511. The average Bonchev–Trinajstić information content (AvgIpc) is 2.14. The van der Waals surface area contributed by atoms with Gasteiger partial charge in [0.15, 0.2) is 5.96 Å². The van der Waals surface area contributed by atoms with E-state index in [0.29, 0.717) is 0 Å². The standard InChI is InChI=1S/C12H21N3/c1-6-10(12(2,3)4)14-11-13-8-7-9-15(11)5/h1,10H,7-9H2,2-5H3,(H,13,14). The van der Waals surface area contributed by atoms with Crippen molar-refractivity contribution in [1.29, 1.82) is 0 Å². The van der Waals surface area contributed by atoms with Crippen LogP contribution in [0.15, 0.2) is 4.99 Å². The van der Waals surface area contributed by atoms with Crippen LogP contribution in [0.5, 0.6) is 0 Å². The van der Waals surface area contributed by atoms with Crippen LogP contribution in [0.2, 0.25) is 0 Å². The van der Waals surface area contributed by atoms with Crippen LogP contribution in [0.1, 0.15) is 27.2 Å².